The molecule has 0 unspecified atom stereocenters. The van der Waals surface area contributed by atoms with Crippen LogP contribution in [0.5, 0.6) is 5.75 Å². The van der Waals surface area contributed by atoms with E-state index in [0.29, 0.717) is 29.7 Å². The number of halogens is 1. The highest BCUT2D eigenvalue weighted by Crippen LogP contribution is 2.24. The summed E-state index contributed by atoms with van der Waals surface area (Å²) in [7, 11) is 0. The van der Waals surface area contributed by atoms with Gasteiger partial charge in [-0.25, -0.2) is 0 Å². The number of nitrogens with one attached hydrogen (secondary N) is 1. The van der Waals surface area contributed by atoms with Crippen LogP contribution in [0.1, 0.15) is 50.7 Å². The summed E-state index contributed by atoms with van der Waals surface area (Å²) in [6.45, 7) is 6.95. The summed E-state index contributed by atoms with van der Waals surface area (Å²) in [6.07, 6.45) is 1.91. The van der Waals surface area contributed by atoms with E-state index in [1.54, 1.807) is 12.1 Å². The molecule has 0 aromatic heterocycles. The van der Waals surface area contributed by atoms with Gasteiger partial charge in [0.05, 0.1) is 5.02 Å². The van der Waals surface area contributed by atoms with Crippen LogP contribution in [0.15, 0.2) is 48.5 Å². The van der Waals surface area contributed by atoms with Crippen molar-refractivity contribution in [1.29, 1.82) is 0 Å². The number of ether oxygens (including phenoxy) is 1. The van der Waals surface area contributed by atoms with Crippen LogP contribution in [0.25, 0.3) is 0 Å². The zero-order valence-electron chi connectivity index (χ0n) is 15.8. The van der Waals surface area contributed by atoms with E-state index in [1.165, 1.54) is 11.1 Å². The van der Waals surface area contributed by atoms with Gasteiger partial charge in [0.15, 0.2) is 6.10 Å². The SMILES string of the molecule is CC[C@H](Oc1ccccc1Cl)C(=O)NCCCc1ccc(C(C)C)cc1. The summed E-state index contributed by atoms with van der Waals surface area (Å²) in [6, 6.07) is 15.9. The van der Waals surface area contributed by atoms with Crippen molar-refractivity contribution in [3.8, 4) is 5.75 Å². The fourth-order valence-electron chi connectivity index (χ4n) is 2.70. The minimum Gasteiger partial charge on any atom is -0.479 e. The molecule has 2 rings (SSSR count). The van der Waals surface area contributed by atoms with Crippen molar-refractivity contribution in [2.75, 3.05) is 6.54 Å². The van der Waals surface area contributed by atoms with Crippen LogP contribution < -0.4 is 10.1 Å². The van der Waals surface area contributed by atoms with Gasteiger partial charge in [-0.05, 0) is 48.4 Å². The van der Waals surface area contributed by atoms with E-state index in [2.05, 4.69) is 43.4 Å². The van der Waals surface area contributed by atoms with Crippen molar-refractivity contribution in [3.05, 3.63) is 64.7 Å². The van der Waals surface area contributed by atoms with Gasteiger partial charge in [0.1, 0.15) is 5.75 Å². The standard InChI is InChI=1S/C22H28ClNO2/c1-4-20(26-21-10-6-5-9-19(21)23)22(25)24-15-7-8-17-11-13-18(14-12-17)16(2)3/h5-6,9-14,16,20H,4,7-8,15H2,1-3H3,(H,24,25)/t20-/m0/s1. The van der Waals surface area contributed by atoms with Crippen LogP contribution in [0.2, 0.25) is 5.02 Å². The molecule has 0 aliphatic heterocycles. The van der Waals surface area contributed by atoms with Crippen molar-refractivity contribution in [1.82, 2.24) is 5.32 Å². The normalized spacial score (nSPS) is 12.0. The zero-order chi connectivity index (χ0) is 18.9. The van der Waals surface area contributed by atoms with E-state index in [9.17, 15) is 4.79 Å². The van der Waals surface area contributed by atoms with Crippen LogP contribution in [-0.2, 0) is 11.2 Å². The van der Waals surface area contributed by atoms with Gasteiger partial charge in [-0.15, -0.1) is 0 Å². The molecule has 1 atom stereocenters. The number of benzene rings is 2. The Labute approximate surface area is 161 Å². The third-order valence-corrected chi connectivity index (χ3v) is 4.67. The fraction of sp³-hybridized carbons (Fsp3) is 0.409. The third-order valence-electron chi connectivity index (χ3n) is 4.36. The lowest BCUT2D eigenvalue weighted by Crippen LogP contribution is -2.38. The first-order valence-corrected chi connectivity index (χ1v) is 9.66. The lowest BCUT2D eigenvalue weighted by molar-refractivity contribution is -0.128. The van der Waals surface area contributed by atoms with E-state index in [0.717, 1.165) is 12.8 Å². The number of hydrogen-bond acceptors (Lipinski definition) is 2. The number of carbonyl (C=O) groups is 1. The van der Waals surface area contributed by atoms with Crippen LogP contribution in [0, 0.1) is 0 Å². The van der Waals surface area contributed by atoms with Crippen LogP contribution >= 0.6 is 11.6 Å². The van der Waals surface area contributed by atoms with Gasteiger partial charge < -0.3 is 10.1 Å². The molecule has 0 heterocycles. The molecule has 3 nitrogen and oxygen atoms in total. The topological polar surface area (TPSA) is 38.3 Å². The lowest BCUT2D eigenvalue weighted by Gasteiger charge is -2.18. The Bertz CT molecular complexity index is 698. The van der Waals surface area contributed by atoms with Crippen LogP contribution in [0.4, 0.5) is 0 Å². The largest absolute Gasteiger partial charge is 0.479 e. The molecule has 1 N–H and O–H groups in total. The molecule has 0 spiro atoms. The van der Waals surface area contributed by atoms with Crippen molar-refractivity contribution >= 4 is 17.5 Å². The van der Waals surface area contributed by atoms with Gasteiger partial charge in [0.25, 0.3) is 5.91 Å². The van der Waals surface area contributed by atoms with Crippen molar-refractivity contribution < 1.29 is 9.53 Å². The number of para-hydroxylation sites is 1. The number of carbonyl (C=O) groups excluding carboxylic acids is 1. The van der Waals surface area contributed by atoms with Crippen LogP contribution in [0.3, 0.4) is 0 Å². The van der Waals surface area contributed by atoms with Gasteiger partial charge in [-0.1, -0.05) is 68.8 Å². The Morgan fingerprint density at radius 2 is 1.81 bits per heavy atom. The predicted octanol–water partition coefficient (Wildman–Crippen LogP) is 5.37. The van der Waals surface area contributed by atoms with E-state index in [1.807, 2.05) is 19.1 Å². The zero-order valence-corrected chi connectivity index (χ0v) is 16.6. The number of aryl methyl sites for hydroxylation is 1. The maximum atomic E-state index is 12.3. The Morgan fingerprint density at radius 3 is 2.42 bits per heavy atom. The van der Waals surface area contributed by atoms with Gasteiger partial charge in [-0.3, -0.25) is 4.79 Å². The average molecular weight is 374 g/mol. The third kappa shape index (κ3) is 6.06. The molecule has 4 heteroatoms. The molecular formula is C22H28ClNO2. The molecular weight excluding hydrogens is 346 g/mol. The second kappa shape index (κ2) is 10.2. The molecule has 0 aliphatic rings. The maximum Gasteiger partial charge on any atom is 0.261 e. The molecule has 0 radical (unpaired) electrons. The first-order chi connectivity index (χ1) is 12.5. The van der Waals surface area contributed by atoms with Gasteiger partial charge >= 0.3 is 0 Å². The Balaban J connectivity index is 1.77. The fourth-order valence-corrected chi connectivity index (χ4v) is 2.88. The molecule has 0 fully saturated rings. The summed E-state index contributed by atoms with van der Waals surface area (Å²) < 4.78 is 5.76. The van der Waals surface area contributed by atoms with Crippen LogP contribution in [-0.4, -0.2) is 18.6 Å². The highest BCUT2D eigenvalue weighted by atomic mass is 35.5. The Kier molecular flexibility index (Phi) is 7.99. The van der Waals surface area contributed by atoms with Crippen molar-refractivity contribution in [2.24, 2.45) is 0 Å². The summed E-state index contributed by atoms with van der Waals surface area (Å²) in [5.74, 6) is 0.997. The molecule has 1 amide bonds. The van der Waals surface area contributed by atoms with Gasteiger partial charge in [0.2, 0.25) is 0 Å². The predicted molar refractivity (Wildman–Crippen MR) is 108 cm³/mol. The van der Waals surface area contributed by atoms with E-state index >= 15 is 0 Å². The van der Waals surface area contributed by atoms with Crippen molar-refractivity contribution in [2.45, 2.75) is 52.1 Å². The quantitative estimate of drug-likeness (QED) is 0.600. The minimum atomic E-state index is -0.528. The van der Waals surface area contributed by atoms with E-state index < -0.39 is 6.10 Å². The first kappa shape index (κ1) is 20.3. The second-order valence-electron chi connectivity index (χ2n) is 6.74. The lowest BCUT2D eigenvalue weighted by atomic mass is 10.0. The number of amides is 1. The molecule has 0 aliphatic carbocycles. The van der Waals surface area contributed by atoms with E-state index in [4.69, 9.17) is 16.3 Å². The maximum absolute atomic E-state index is 12.3. The molecule has 2 aromatic rings. The van der Waals surface area contributed by atoms with Gasteiger partial charge in [0, 0.05) is 6.54 Å². The molecule has 2 aromatic carbocycles. The summed E-state index contributed by atoms with van der Waals surface area (Å²) in [5, 5.41) is 3.48. The Morgan fingerprint density at radius 1 is 1.12 bits per heavy atom. The Hall–Kier alpha value is -2.00. The summed E-state index contributed by atoms with van der Waals surface area (Å²) >= 11 is 6.10. The average Bonchev–Trinajstić information content (AvgIpc) is 2.64. The first-order valence-electron chi connectivity index (χ1n) is 9.29. The molecule has 0 saturated carbocycles. The molecule has 0 bridgehead atoms. The highest BCUT2D eigenvalue weighted by molar-refractivity contribution is 6.32. The number of rotatable bonds is 9. The molecule has 0 saturated heterocycles. The molecule has 140 valence electrons. The van der Waals surface area contributed by atoms with Crippen molar-refractivity contribution in [3.63, 3.8) is 0 Å². The smallest absolute Gasteiger partial charge is 0.261 e. The number of hydrogen-bond donors (Lipinski definition) is 1. The monoisotopic (exact) mass is 373 g/mol. The summed E-state index contributed by atoms with van der Waals surface area (Å²) in [4.78, 5) is 12.3. The molecule has 26 heavy (non-hydrogen) atoms. The van der Waals surface area contributed by atoms with E-state index in [-0.39, 0.29) is 5.91 Å². The minimum absolute atomic E-state index is 0.0948. The second-order valence-corrected chi connectivity index (χ2v) is 7.14. The summed E-state index contributed by atoms with van der Waals surface area (Å²) in [5.41, 5.74) is 2.65. The highest BCUT2D eigenvalue weighted by Gasteiger charge is 2.18. The van der Waals surface area contributed by atoms with Gasteiger partial charge in [-0.2, -0.15) is 0 Å².